The van der Waals surface area contributed by atoms with E-state index in [2.05, 4.69) is 32.0 Å². The number of piperidine rings is 2. The normalized spacial score (nSPS) is 26.7. The molecule has 1 amide bonds. The molecule has 1 atom stereocenters. The van der Waals surface area contributed by atoms with Crippen LogP contribution in [0.15, 0.2) is 6.20 Å². The average Bonchev–Trinajstić information content (AvgIpc) is 3.35. The van der Waals surface area contributed by atoms with Crippen LogP contribution in [0.5, 0.6) is 0 Å². The van der Waals surface area contributed by atoms with Crippen LogP contribution in [-0.4, -0.2) is 63.9 Å². The van der Waals surface area contributed by atoms with Crippen molar-refractivity contribution in [2.75, 3.05) is 26.2 Å². The Balaban J connectivity index is 1.24. The topological polar surface area (TPSA) is 64.3 Å². The zero-order valence-electron chi connectivity index (χ0n) is 15.3. The summed E-state index contributed by atoms with van der Waals surface area (Å²) < 4.78 is 0. The Labute approximate surface area is 150 Å². The summed E-state index contributed by atoms with van der Waals surface area (Å²) in [5.74, 6) is 1.59. The van der Waals surface area contributed by atoms with E-state index in [0.29, 0.717) is 18.0 Å². The van der Waals surface area contributed by atoms with Gasteiger partial charge in [0.25, 0.3) is 0 Å². The molecule has 3 aliphatic rings. The summed E-state index contributed by atoms with van der Waals surface area (Å²) in [6.45, 7) is 7.34. The highest BCUT2D eigenvalue weighted by Crippen LogP contribution is 2.26. The first kappa shape index (κ1) is 17.0. The molecular weight excluding hydrogens is 314 g/mol. The van der Waals surface area contributed by atoms with Crippen LogP contribution in [0.1, 0.15) is 50.0 Å². The summed E-state index contributed by atoms with van der Waals surface area (Å²) in [6, 6.07) is 1.13. The van der Waals surface area contributed by atoms with Gasteiger partial charge in [0, 0.05) is 43.6 Å². The molecule has 0 radical (unpaired) electrons. The number of rotatable bonds is 5. The molecule has 138 valence electrons. The van der Waals surface area contributed by atoms with E-state index in [9.17, 15) is 4.79 Å². The van der Waals surface area contributed by atoms with Crippen LogP contribution in [0.2, 0.25) is 0 Å². The number of amides is 1. The summed E-state index contributed by atoms with van der Waals surface area (Å²) in [4.78, 5) is 25.2. The second-order valence-electron chi connectivity index (χ2n) is 8.14. The Bertz CT molecular complexity index is 588. The van der Waals surface area contributed by atoms with E-state index in [1.807, 2.05) is 6.20 Å². The van der Waals surface area contributed by atoms with Gasteiger partial charge < -0.3 is 10.3 Å². The lowest BCUT2D eigenvalue weighted by atomic mass is 9.93. The third-order valence-electron chi connectivity index (χ3n) is 5.95. The van der Waals surface area contributed by atoms with Gasteiger partial charge in [-0.1, -0.05) is 0 Å². The van der Waals surface area contributed by atoms with Crippen molar-refractivity contribution in [1.82, 2.24) is 25.1 Å². The van der Waals surface area contributed by atoms with Gasteiger partial charge in [-0.05, 0) is 52.0 Å². The number of aryl methyl sites for hydroxylation is 1. The van der Waals surface area contributed by atoms with Crippen molar-refractivity contribution in [2.24, 2.45) is 5.92 Å². The Morgan fingerprint density at radius 3 is 2.72 bits per heavy atom. The van der Waals surface area contributed by atoms with Gasteiger partial charge in [0.15, 0.2) is 0 Å². The van der Waals surface area contributed by atoms with Crippen molar-refractivity contribution < 1.29 is 4.79 Å². The number of aromatic nitrogens is 2. The third kappa shape index (κ3) is 4.42. The highest BCUT2D eigenvalue weighted by molar-refractivity contribution is 5.79. The van der Waals surface area contributed by atoms with Gasteiger partial charge in [0.1, 0.15) is 5.82 Å². The molecule has 25 heavy (non-hydrogen) atoms. The molecule has 0 aromatic carbocycles. The van der Waals surface area contributed by atoms with E-state index in [-0.39, 0.29) is 5.92 Å². The highest BCUT2D eigenvalue weighted by Gasteiger charge is 2.33. The molecule has 1 aliphatic carbocycles. The summed E-state index contributed by atoms with van der Waals surface area (Å²) in [7, 11) is 0. The number of nitrogens with zero attached hydrogens (tertiary/aromatic N) is 3. The van der Waals surface area contributed by atoms with Crippen molar-refractivity contribution in [2.45, 2.75) is 64.1 Å². The standard InChI is InChI=1S/C19H31N5O/c1-14-11-20-18(21-14)13-23-9-6-17(7-10-23)24-8-2-3-15(12-24)19(25)22-16-4-5-16/h11,15-17H,2-10,12-13H2,1H3,(H,20,21)(H,22,25). The number of aromatic amines is 1. The first-order valence-electron chi connectivity index (χ1n) is 9.94. The molecule has 2 N–H and O–H groups in total. The maximum atomic E-state index is 12.4. The average molecular weight is 345 g/mol. The fourth-order valence-electron chi connectivity index (χ4n) is 4.30. The minimum Gasteiger partial charge on any atom is -0.353 e. The van der Waals surface area contributed by atoms with Crippen LogP contribution >= 0.6 is 0 Å². The molecule has 4 rings (SSSR count). The number of nitrogens with one attached hydrogen (secondary N) is 2. The number of hydrogen-bond acceptors (Lipinski definition) is 4. The lowest BCUT2D eigenvalue weighted by Gasteiger charge is -2.41. The molecule has 1 aromatic rings. The molecule has 3 fully saturated rings. The Hall–Kier alpha value is -1.40. The molecule has 1 saturated carbocycles. The summed E-state index contributed by atoms with van der Waals surface area (Å²) in [5, 5.41) is 3.20. The van der Waals surface area contributed by atoms with E-state index >= 15 is 0 Å². The molecule has 1 aromatic heterocycles. The molecule has 3 heterocycles. The van der Waals surface area contributed by atoms with Gasteiger partial charge in [0.05, 0.1) is 12.5 Å². The molecule has 2 aliphatic heterocycles. The molecule has 1 unspecified atom stereocenters. The predicted molar refractivity (Wildman–Crippen MR) is 97.1 cm³/mol. The van der Waals surface area contributed by atoms with Crippen molar-refractivity contribution in [1.29, 1.82) is 0 Å². The zero-order valence-corrected chi connectivity index (χ0v) is 15.3. The number of carbonyl (C=O) groups excluding carboxylic acids is 1. The third-order valence-corrected chi connectivity index (χ3v) is 5.95. The largest absolute Gasteiger partial charge is 0.353 e. The van der Waals surface area contributed by atoms with E-state index in [4.69, 9.17) is 0 Å². The number of H-pyrrole nitrogens is 1. The first-order chi connectivity index (χ1) is 12.2. The lowest BCUT2D eigenvalue weighted by molar-refractivity contribution is -0.127. The van der Waals surface area contributed by atoms with Gasteiger partial charge in [0.2, 0.25) is 5.91 Å². The second kappa shape index (κ2) is 7.46. The van der Waals surface area contributed by atoms with Gasteiger partial charge >= 0.3 is 0 Å². The summed E-state index contributed by atoms with van der Waals surface area (Å²) >= 11 is 0. The zero-order chi connectivity index (χ0) is 17.2. The number of likely N-dealkylation sites (tertiary alicyclic amines) is 2. The monoisotopic (exact) mass is 345 g/mol. The minimum atomic E-state index is 0.207. The van der Waals surface area contributed by atoms with Gasteiger partial charge in [-0.15, -0.1) is 0 Å². The maximum absolute atomic E-state index is 12.4. The Morgan fingerprint density at radius 1 is 1.24 bits per heavy atom. The van der Waals surface area contributed by atoms with Gasteiger partial charge in [-0.2, -0.15) is 0 Å². The number of hydrogen-bond donors (Lipinski definition) is 2. The van der Waals surface area contributed by atoms with Crippen LogP contribution < -0.4 is 5.32 Å². The molecule has 0 spiro atoms. The van der Waals surface area contributed by atoms with Crippen molar-refractivity contribution >= 4 is 5.91 Å². The first-order valence-corrected chi connectivity index (χ1v) is 9.94. The fourth-order valence-corrected chi connectivity index (χ4v) is 4.30. The van der Waals surface area contributed by atoms with Crippen LogP contribution in [-0.2, 0) is 11.3 Å². The van der Waals surface area contributed by atoms with E-state index < -0.39 is 0 Å². The SMILES string of the molecule is Cc1cnc(CN2CCC(N3CCCC(C(=O)NC4CC4)C3)CC2)[nH]1. The van der Waals surface area contributed by atoms with Crippen molar-refractivity contribution in [3.63, 3.8) is 0 Å². The van der Waals surface area contributed by atoms with Crippen LogP contribution in [0.4, 0.5) is 0 Å². The quantitative estimate of drug-likeness (QED) is 0.852. The number of imidazole rings is 1. The summed E-state index contributed by atoms with van der Waals surface area (Å²) in [6.07, 6.45) is 8.89. The smallest absolute Gasteiger partial charge is 0.224 e. The summed E-state index contributed by atoms with van der Waals surface area (Å²) in [5.41, 5.74) is 1.13. The van der Waals surface area contributed by atoms with Crippen LogP contribution in [0.3, 0.4) is 0 Å². The minimum absolute atomic E-state index is 0.207. The predicted octanol–water partition coefficient (Wildman–Crippen LogP) is 1.67. The van der Waals surface area contributed by atoms with Gasteiger partial charge in [-0.25, -0.2) is 4.98 Å². The fraction of sp³-hybridized carbons (Fsp3) is 0.789. The van der Waals surface area contributed by atoms with E-state index in [0.717, 1.165) is 57.1 Å². The lowest BCUT2D eigenvalue weighted by Crippen LogP contribution is -2.50. The second-order valence-corrected chi connectivity index (χ2v) is 8.14. The van der Waals surface area contributed by atoms with E-state index in [1.54, 1.807) is 0 Å². The van der Waals surface area contributed by atoms with Crippen LogP contribution in [0.25, 0.3) is 0 Å². The highest BCUT2D eigenvalue weighted by atomic mass is 16.2. The number of carbonyl (C=O) groups is 1. The molecule has 6 heteroatoms. The molecule has 2 saturated heterocycles. The van der Waals surface area contributed by atoms with Crippen LogP contribution in [0, 0.1) is 12.8 Å². The van der Waals surface area contributed by atoms with Gasteiger partial charge in [-0.3, -0.25) is 14.6 Å². The van der Waals surface area contributed by atoms with E-state index in [1.165, 1.54) is 25.7 Å². The maximum Gasteiger partial charge on any atom is 0.224 e. The molecule has 0 bridgehead atoms. The van der Waals surface area contributed by atoms with Crippen molar-refractivity contribution in [3.05, 3.63) is 17.7 Å². The molecule has 6 nitrogen and oxygen atoms in total. The molecular formula is C19H31N5O. The van der Waals surface area contributed by atoms with Crippen molar-refractivity contribution in [3.8, 4) is 0 Å². The Kier molecular flexibility index (Phi) is 5.08. The Morgan fingerprint density at radius 2 is 2.04 bits per heavy atom.